The Morgan fingerprint density at radius 2 is 2.15 bits per heavy atom. The van der Waals surface area contributed by atoms with Crippen molar-refractivity contribution in [2.24, 2.45) is 10.9 Å². The number of benzene rings is 1. The Bertz CT molecular complexity index is 431. The van der Waals surface area contributed by atoms with Crippen LogP contribution >= 0.6 is 0 Å². The molecular weight excluding hydrogens is 252 g/mol. The van der Waals surface area contributed by atoms with E-state index >= 15 is 0 Å². The lowest BCUT2D eigenvalue weighted by Gasteiger charge is -2.19. The van der Waals surface area contributed by atoms with Crippen LogP contribution in [0.1, 0.15) is 24.3 Å². The predicted molar refractivity (Wildman–Crippen MR) is 81.1 cm³/mol. The van der Waals surface area contributed by atoms with Gasteiger partial charge in [-0.05, 0) is 25.5 Å². The largest absolute Gasteiger partial charge is 0.409 e. The molecule has 1 unspecified atom stereocenters. The number of rotatable bonds is 8. The second-order valence-corrected chi connectivity index (χ2v) is 5.40. The van der Waals surface area contributed by atoms with Crippen LogP contribution in [-0.2, 0) is 0 Å². The first-order valence-electron chi connectivity index (χ1n) is 7.15. The van der Waals surface area contributed by atoms with Gasteiger partial charge in [0.1, 0.15) is 5.84 Å². The van der Waals surface area contributed by atoms with Crippen LogP contribution in [0.5, 0.6) is 0 Å². The Morgan fingerprint density at radius 1 is 1.45 bits per heavy atom. The summed E-state index contributed by atoms with van der Waals surface area (Å²) in [6, 6.07) is 10.7. The fraction of sp³-hybridized carbons (Fsp3) is 0.533. The lowest BCUT2D eigenvalue weighted by atomic mass is 9.98. The smallest absolute Gasteiger partial charge is 0.147 e. The minimum atomic E-state index is -0.0903. The molecule has 0 aromatic heterocycles. The highest BCUT2D eigenvalue weighted by molar-refractivity contribution is 5.87. The minimum absolute atomic E-state index is 0.0903. The van der Waals surface area contributed by atoms with E-state index in [-0.39, 0.29) is 11.8 Å². The molecule has 4 N–H and O–H groups in total. The van der Waals surface area contributed by atoms with E-state index in [1.54, 1.807) is 0 Å². The van der Waals surface area contributed by atoms with E-state index in [1.165, 1.54) is 12.8 Å². The average molecular weight is 276 g/mol. The van der Waals surface area contributed by atoms with Crippen LogP contribution in [0.2, 0.25) is 0 Å². The summed E-state index contributed by atoms with van der Waals surface area (Å²) in [6.07, 6.45) is 2.65. The molecule has 0 radical (unpaired) electrons. The highest BCUT2D eigenvalue weighted by atomic mass is 16.4. The number of likely N-dealkylation sites (N-methyl/N-ethyl adjacent to an activating group) is 1. The molecule has 0 amide bonds. The first-order chi connectivity index (χ1) is 9.72. The Balaban J connectivity index is 1.82. The van der Waals surface area contributed by atoms with E-state index in [0.29, 0.717) is 6.54 Å². The summed E-state index contributed by atoms with van der Waals surface area (Å²) in [5, 5.41) is 15.5. The van der Waals surface area contributed by atoms with E-state index in [4.69, 9.17) is 10.9 Å². The predicted octanol–water partition coefficient (Wildman–Crippen LogP) is 1.20. The standard InChI is InChI=1S/C15H24N4O/c1-19(13-7-8-13)10-9-17-11-14(15(16)18-20)12-5-3-2-4-6-12/h2-6,13-14,17,20H,7-11H2,1H3,(H2,16,18). The molecule has 5 heteroatoms. The molecule has 2 rings (SSSR count). The second-order valence-electron chi connectivity index (χ2n) is 5.40. The maximum absolute atomic E-state index is 8.92. The summed E-state index contributed by atoms with van der Waals surface area (Å²) in [7, 11) is 2.16. The highest BCUT2D eigenvalue weighted by Gasteiger charge is 2.25. The molecule has 20 heavy (non-hydrogen) atoms. The zero-order valence-electron chi connectivity index (χ0n) is 12.0. The first kappa shape index (κ1) is 14.8. The van der Waals surface area contributed by atoms with Crippen LogP contribution in [0, 0.1) is 0 Å². The molecule has 1 aromatic rings. The molecule has 110 valence electrons. The molecular formula is C15H24N4O. The number of hydrogen-bond donors (Lipinski definition) is 3. The molecule has 1 aliphatic carbocycles. The van der Waals surface area contributed by atoms with Crippen molar-refractivity contribution in [3.63, 3.8) is 0 Å². The third-order valence-corrected chi connectivity index (χ3v) is 3.83. The third-order valence-electron chi connectivity index (χ3n) is 3.83. The SMILES string of the molecule is CN(CCNCC(C(N)=NO)c1ccccc1)C1CC1. The fourth-order valence-electron chi connectivity index (χ4n) is 2.35. The lowest BCUT2D eigenvalue weighted by molar-refractivity contribution is 0.313. The van der Waals surface area contributed by atoms with E-state index < -0.39 is 0 Å². The number of nitrogens with zero attached hydrogens (tertiary/aromatic N) is 2. The normalized spacial score (nSPS) is 17.4. The van der Waals surface area contributed by atoms with Crippen molar-refractivity contribution in [1.82, 2.24) is 10.2 Å². The van der Waals surface area contributed by atoms with Crippen LogP contribution in [0.15, 0.2) is 35.5 Å². The van der Waals surface area contributed by atoms with E-state index in [2.05, 4.69) is 22.4 Å². The maximum Gasteiger partial charge on any atom is 0.147 e. The van der Waals surface area contributed by atoms with E-state index in [1.807, 2.05) is 30.3 Å². The van der Waals surface area contributed by atoms with E-state index in [0.717, 1.165) is 24.7 Å². The number of amidine groups is 1. The van der Waals surface area contributed by atoms with Gasteiger partial charge >= 0.3 is 0 Å². The summed E-state index contributed by atoms with van der Waals surface area (Å²) < 4.78 is 0. The van der Waals surface area contributed by atoms with Crippen LogP contribution < -0.4 is 11.1 Å². The Hall–Kier alpha value is -1.59. The van der Waals surface area contributed by atoms with Crippen LogP contribution in [0.3, 0.4) is 0 Å². The molecule has 1 aromatic carbocycles. The number of hydrogen-bond acceptors (Lipinski definition) is 4. The summed E-state index contributed by atoms with van der Waals surface area (Å²) in [6.45, 7) is 2.62. The molecule has 0 saturated heterocycles. The molecule has 1 atom stereocenters. The molecule has 0 bridgehead atoms. The number of nitrogens with one attached hydrogen (secondary N) is 1. The number of oxime groups is 1. The van der Waals surface area contributed by atoms with Gasteiger partial charge in [-0.25, -0.2) is 0 Å². The zero-order chi connectivity index (χ0) is 14.4. The van der Waals surface area contributed by atoms with Crippen LogP contribution in [-0.4, -0.2) is 48.7 Å². The molecule has 1 aliphatic rings. The average Bonchev–Trinajstić information content (AvgIpc) is 3.32. The van der Waals surface area contributed by atoms with Crippen molar-refractivity contribution in [2.75, 3.05) is 26.7 Å². The second kappa shape index (κ2) is 7.26. The van der Waals surface area contributed by atoms with Crippen molar-refractivity contribution < 1.29 is 5.21 Å². The van der Waals surface area contributed by atoms with E-state index in [9.17, 15) is 0 Å². The molecule has 0 aliphatic heterocycles. The number of nitrogens with two attached hydrogens (primary N) is 1. The van der Waals surface area contributed by atoms with Crippen LogP contribution in [0.4, 0.5) is 0 Å². The van der Waals surface area contributed by atoms with Gasteiger partial charge in [-0.15, -0.1) is 0 Å². The van der Waals surface area contributed by atoms with Gasteiger partial charge in [-0.2, -0.15) is 0 Å². The highest BCUT2D eigenvalue weighted by Crippen LogP contribution is 2.24. The van der Waals surface area contributed by atoms with Gasteiger partial charge in [-0.3, -0.25) is 0 Å². The minimum Gasteiger partial charge on any atom is -0.409 e. The van der Waals surface area contributed by atoms with Gasteiger partial charge in [0.25, 0.3) is 0 Å². The van der Waals surface area contributed by atoms with Gasteiger partial charge < -0.3 is 21.2 Å². The molecule has 5 nitrogen and oxygen atoms in total. The summed E-state index contributed by atoms with van der Waals surface area (Å²) in [5.41, 5.74) is 6.86. The molecule has 0 heterocycles. The Kier molecular flexibility index (Phi) is 5.38. The summed E-state index contributed by atoms with van der Waals surface area (Å²) >= 11 is 0. The molecule has 1 fully saturated rings. The summed E-state index contributed by atoms with van der Waals surface area (Å²) in [5.74, 6) is 0.159. The van der Waals surface area contributed by atoms with Crippen molar-refractivity contribution in [3.05, 3.63) is 35.9 Å². The molecule has 0 spiro atoms. The van der Waals surface area contributed by atoms with Crippen LogP contribution in [0.25, 0.3) is 0 Å². The van der Waals surface area contributed by atoms with Gasteiger partial charge in [0.2, 0.25) is 0 Å². The molecule has 1 saturated carbocycles. The quantitative estimate of drug-likeness (QED) is 0.219. The fourth-order valence-corrected chi connectivity index (χ4v) is 2.35. The van der Waals surface area contributed by atoms with Crippen molar-refractivity contribution in [3.8, 4) is 0 Å². The van der Waals surface area contributed by atoms with Crippen molar-refractivity contribution in [1.29, 1.82) is 0 Å². The third kappa shape index (κ3) is 4.21. The van der Waals surface area contributed by atoms with Gasteiger partial charge in [0.15, 0.2) is 0 Å². The van der Waals surface area contributed by atoms with Gasteiger partial charge in [0, 0.05) is 25.7 Å². The van der Waals surface area contributed by atoms with Crippen molar-refractivity contribution in [2.45, 2.75) is 24.8 Å². The first-order valence-corrected chi connectivity index (χ1v) is 7.15. The lowest BCUT2D eigenvalue weighted by Crippen LogP contribution is -2.36. The Labute approximate surface area is 120 Å². The van der Waals surface area contributed by atoms with Crippen molar-refractivity contribution >= 4 is 5.84 Å². The maximum atomic E-state index is 8.92. The van der Waals surface area contributed by atoms with Gasteiger partial charge in [0.05, 0.1) is 5.92 Å². The Morgan fingerprint density at radius 3 is 2.75 bits per heavy atom. The van der Waals surface area contributed by atoms with Gasteiger partial charge in [-0.1, -0.05) is 35.5 Å². The topological polar surface area (TPSA) is 73.9 Å². The monoisotopic (exact) mass is 276 g/mol. The summed E-state index contributed by atoms with van der Waals surface area (Å²) in [4.78, 5) is 2.38. The zero-order valence-corrected chi connectivity index (χ0v) is 12.0.